The second-order valence-corrected chi connectivity index (χ2v) is 4.39. The van der Waals surface area contributed by atoms with Crippen LogP contribution in [0.25, 0.3) is 0 Å². The van der Waals surface area contributed by atoms with E-state index in [2.05, 4.69) is 4.98 Å². The van der Waals surface area contributed by atoms with Gasteiger partial charge in [0.25, 0.3) is 0 Å². The molecule has 0 fully saturated rings. The fraction of sp³-hybridized carbons (Fsp3) is 0. The number of nitrogens with two attached hydrogens (primary N) is 1. The number of nitrogen functional groups attached to an aromatic ring is 1. The van der Waals surface area contributed by atoms with Crippen molar-refractivity contribution in [1.82, 2.24) is 4.98 Å². The average molecular weight is 290 g/mol. The predicted octanol–water partition coefficient (Wildman–Crippen LogP) is 4.42. The SMILES string of the molecule is Nc1cc(Cl)nc(Oc2cccc(Cl)c2Cl)c1. The molecule has 2 aromatic rings. The molecule has 0 spiro atoms. The van der Waals surface area contributed by atoms with Crippen molar-refractivity contribution >= 4 is 40.5 Å². The number of halogens is 3. The Labute approximate surface area is 113 Å². The van der Waals surface area contributed by atoms with Crippen molar-refractivity contribution in [3.63, 3.8) is 0 Å². The Hall–Kier alpha value is -1.16. The number of nitrogens with zero attached hydrogens (tertiary/aromatic N) is 1. The third kappa shape index (κ3) is 2.94. The Balaban J connectivity index is 2.34. The minimum absolute atomic E-state index is 0.248. The van der Waals surface area contributed by atoms with Crippen LogP contribution in [0.4, 0.5) is 5.69 Å². The molecule has 0 amide bonds. The Bertz CT molecular complexity index is 540. The standard InChI is InChI=1S/C11H7Cl3N2O/c12-7-2-1-3-8(11(7)14)17-10-5-6(15)4-9(13)16-10/h1-5H,(H2,15,16). The number of pyridine rings is 1. The topological polar surface area (TPSA) is 48.1 Å². The first kappa shape index (κ1) is 12.3. The minimum atomic E-state index is 0.248. The van der Waals surface area contributed by atoms with E-state index < -0.39 is 0 Å². The van der Waals surface area contributed by atoms with Gasteiger partial charge in [-0.3, -0.25) is 0 Å². The lowest BCUT2D eigenvalue weighted by Crippen LogP contribution is -1.92. The molecule has 17 heavy (non-hydrogen) atoms. The van der Waals surface area contributed by atoms with Crippen molar-refractivity contribution in [2.24, 2.45) is 0 Å². The Morgan fingerprint density at radius 1 is 1.12 bits per heavy atom. The first-order valence-corrected chi connectivity index (χ1v) is 5.74. The fourth-order valence-electron chi connectivity index (χ4n) is 1.22. The van der Waals surface area contributed by atoms with Gasteiger partial charge in [-0.1, -0.05) is 40.9 Å². The summed E-state index contributed by atoms with van der Waals surface area (Å²) in [5.74, 6) is 0.660. The average Bonchev–Trinajstić information content (AvgIpc) is 2.23. The number of ether oxygens (including phenoxy) is 1. The van der Waals surface area contributed by atoms with Crippen LogP contribution in [0.2, 0.25) is 15.2 Å². The van der Waals surface area contributed by atoms with Crippen LogP contribution >= 0.6 is 34.8 Å². The Kier molecular flexibility index (Phi) is 3.62. The van der Waals surface area contributed by atoms with Gasteiger partial charge in [0, 0.05) is 11.8 Å². The maximum absolute atomic E-state index is 5.97. The summed E-state index contributed by atoms with van der Waals surface area (Å²) in [5.41, 5.74) is 6.07. The quantitative estimate of drug-likeness (QED) is 0.833. The number of benzene rings is 1. The fourth-order valence-corrected chi connectivity index (χ4v) is 1.76. The van der Waals surface area contributed by atoms with Crippen LogP contribution in [-0.2, 0) is 0 Å². The first-order chi connectivity index (χ1) is 8.06. The summed E-state index contributed by atoms with van der Waals surface area (Å²) in [7, 11) is 0. The molecule has 0 unspecified atom stereocenters. The van der Waals surface area contributed by atoms with Gasteiger partial charge in [-0.05, 0) is 18.2 Å². The van der Waals surface area contributed by atoms with Gasteiger partial charge < -0.3 is 10.5 Å². The minimum Gasteiger partial charge on any atom is -0.437 e. The van der Waals surface area contributed by atoms with Crippen LogP contribution in [0, 0.1) is 0 Å². The summed E-state index contributed by atoms with van der Waals surface area (Å²) in [6, 6.07) is 8.12. The predicted molar refractivity (Wildman–Crippen MR) is 70.2 cm³/mol. The lowest BCUT2D eigenvalue weighted by molar-refractivity contribution is 0.464. The molecule has 0 bridgehead atoms. The van der Waals surface area contributed by atoms with E-state index in [4.69, 9.17) is 45.3 Å². The summed E-state index contributed by atoms with van der Waals surface area (Å²) < 4.78 is 5.46. The second kappa shape index (κ2) is 5.00. The molecule has 0 saturated carbocycles. The molecule has 0 radical (unpaired) electrons. The highest BCUT2D eigenvalue weighted by Gasteiger charge is 2.08. The number of anilines is 1. The van der Waals surface area contributed by atoms with E-state index in [0.29, 0.717) is 21.5 Å². The molecule has 0 aliphatic heterocycles. The van der Waals surface area contributed by atoms with Crippen molar-refractivity contribution in [3.05, 3.63) is 45.5 Å². The summed E-state index contributed by atoms with van der Waals surface area (Å²) in [6.07, 6.45) is 0. The van der Waals surface area contributed by atoms with E-state index in [1.54, 1.807) is 24.3 Å². The van der Waals surface area contributed by atoms with E-state index in [-0.39, 0.29) is 11.0 Å². The lowest BCUT2D eigenvalue weighted by atomic mass is 10.3. The van der Waals surface area contributed by atoms with Crippen LogP contribution in [0.15, 0.2) is 30.3 Å². The van der Waals surface area contributed by atoms with Crippen molar-refractivity contribution < 1.29 is 4.74 Å². The van der Waals surface area contributed by atoms with Gasteiger partial charge in [0.2, 0.25) is 5.88 Å². The molecule has 1 aromatic heterocycles. The molecule has 2 rings (SSSR count). The first-order valence-electron chi connectivity index (χ1n) is 4.61. The van der Waals surface area contributed by atoms with Gasteiger partial charge in [-0.25, -0.2) is 4.98 Å². The van der Waals surface area contributed by atoms with Crippen molar-refractivity contribution in [3.8, 4) is 11.6 Å². The number of hydrogen-bond acceptors (Lipinski definition) is 3. The molecule has 6 heteroatoms. The highest BCUT2D eigenvalue weighted by Crippen LogP contribution is 2.34. The van der Waals surface area contributed by atoms with Crippen molar-refractivity contribution in [1.29, 1.82) is 0 Å². The van der Waals surface area contributed by atoms with Crippen LogP contribution in [0.1, 0.15) is 0 Å². The Morgan fingerprint density at radius 3 is 2.59 bits per heavy atom. The van der Waals surface area contributed by atoms with Gasteiger partial charge in [0.15, 0.2) is 0 Å². The van der Waals surface area contributed by atoms with Crippen LogP contribution < -0.4 is 10.5 Å². The zero-order valence-electron chi connectivity index (χ0n) is 8.45. The zero-order valence-corrected chi connectivity index (χ0v) is 10.7. The molecule has 88 valence electrons. The molecular formula is C11H7Cl3N2O. The molecule has 0 atom stereocenters. The van der Waals surface area contributed by atoms with E-state index in [9.17, 15) is 0 Å². The van der Waals surface area contributed by atoms with E-state index in [0.717, 1.165) is 0 Å². The largest absolute Gasteiger partial charge is 0.437 e. The smallest absolute Gasteiger partial charge is 0.222 e. The van der Waals surface area contributed by atoms with Crippen LogP contribution in [0.3, 0.4) is 0 Å². The maximum Gasteiger partial charge on any atom is 0.222 e. The third-order valence-electron chi connectivity index (χ3n) is 1.92. The van der Waals surface area contributed by atoms with E-state index in [1.807, 2.05) is 0 Å². The zero-order chi connectivity index (χ0) is 12.4. The lowest BCUT2D eigenvalue weighted by Gasteiger charge is -2.08. The van der Waals surface area contributed by atoms with Crippen molar-refractivity contribution in [2.45, 2.75) is 0 Å². The molecule has 0 saturated heterocycles. The molecule has 3 nitrogen and oxygen atoms in total. The number of rotatable bonds is 2. The van der Waals surface area contributed by atoms with Gasteiger partial charge in [-0.2, -0.15) is 0 Å². The second-order valence-electron chi connectivity index (χ2n) is 3.22. The van der Waals surface area contributed by atoms with Crippen LogP contribution in [-0.4, -0.2) is 4.98 Å². The highest BCUT2D eigenvalue weighted by atomic mass is 35.5. The van der Waals surface area contributed by atoms with E-state index >= 15 is 0 Å². The van der Waals surface area contributed by atoms with Gasteiger partial charge in [0.05, 0.1) is 5.02 Å². The number of aromatic nitrogens is 1. The van der Waals surface area contributed by atoms with E-state index in [1.165, 1.54) is 6.07 Å². The maximum atomic E-state index is 5.97. The van der Waals surface area contributed by atoms with Crippen LogP contribution in [0.5, 0.6) is 11.6 Å². The summed E-state index contributed by atoms with van der Waals surface area (Å²) >= 11 is 17.6. The molecule has 0 aliphatic rings. The summed E-state index contributed by atoms with van der Waals surface area (Å²) in [5, 5.41) is 0.965. The normalized spacial score (nSPS) is 10.3. The third-order valence-corrected chi connectivity index (χ3v) is 2.92. The van der Waals surface area contributed by atoms with Gasteiger partial charge in [-0.15, -0.1) is 0 Å². The summed E-state index contributed by atoms with van der Waals surface area (Å²) in [6.45, 7) is 0. The van der Waals surface area contributed by atoms with Gasteiger partial charge in [0.1, 0.15) is 15.9 Å². The highest BCUT2D eigenvalue weighted by molar-refractivity contribution is 6.42. The Morgan fingerprint density at radius 2 is 1.88 bits per heavy atom. The monoisotopic (exact) mass is 288 g/mol. The molecular weight excluding hydrogens is 282 g/mol. The van der Waals surface area contributed by atoms with Crippen molar-refractivity contribution in [2.75, 3.05) is 5.73 Å². The number of hydrogen-bond donors (Lipinski definition) is 1. The molecule has 1 aromatic carbocycles. The molecule has 0 aliphatic carbocycles. The summed E-state index contributed by atoms with van der Waals surface area (Å²) in [4.78, 5) is 3.96. The van der Waals surface area contributed by atoms with Gasteiger partial charge >= 0.3 is 0 Å². The molecule has 1 heterocycles. The molecule has 2 N–H and O–H groups in total.